The predicted molar refractivity (Wildman–Crippen MR) is 132 cm³/mol. The molecule has 1 aromatic heterocycles. The largest absolute Gasteiger partial charge is 0.348 e. The summed E-state index contributed by atoms with van der Waals surface area (Å²) in [6, 6.07) is 21.3. The normalized spacial score (nSPS) is 23.2. The molecule has 7 nitrogen and oxygen atoms in total. The van der Waals surface area contributed by atoms with Crippen molar-refractivity contribution in [2.75, 3.05) is 18.0 Å². The first-order valence-corrected chi connectivity index (χ1v) is 12.2. The summed E-state index contributed by atoms with van der Waals surface area (Å²) in [4.78, 5) is 45.5. The van der Waals surface area contributed by atoms with Gasteiger partial charge in [-0.1, -0.05) is 42.5 Å². The Morgan fingerprint density at radius 1 is 0.971 bits per heavy atom. The van der Waals surface area contributed by atoms with Gasteiger partial charge in [0.05, 0.1) is 17.3 Å². The molecule has 0 radical (unpaired) electrons. The topological polar surface area (TPSA) is 65.9 Å². The number of anilines is 1. The zero-order valence-electron chi connectivity index (χ0n) is 19.8. The van der Waals surface area contributed by atoms with Crippen LogP contribution < -0.4 is 4.90 Å². The lowest BCUT2D eigenvalue weighted by atomic mass is 9.97. The molecule has 6 rings (SSSR count). The summed E-state index contributed by atoms with van der Waals surface area (Å²) in [5.41, 5.74) is 2.61. The van der Waals surface area contributed by atoms with Crippen LogP contribution in [0.25, 0.3) is 0 Å². The highest BCUT2D eigenvalue weighted by Crippen LogP contribution is 2.44. The van der Waals surface area contributed by atoms with Crippen LogP contribution in [0.15, 0.2) is 72.9 Å². The number of hydrogen-bond donors (Lipinski definition) is 0. The minimum Gasteiger partial charge on any atom is -0.348 e. The molecule has 0 bridgehead atoms. The van der Waals surface area contributed by atoms with Crippen LogP contribution in [0.5, 0.6) is 0 Å². The van der Waals surface area contributed by atoms with Gasteiger partial charge in [0.15, 0.2) is 0 Å². The van der Waals surface area contributed by atoms with Crippen LogP contribution in [0.1, 0.15) is 53.8 Å². The van der Waals surface area contributed by atoms with Crippen LogP contribution in [0.2, 0.25) is 0 Å². The van der Waals surface area contributed by atoms with Crippen molar-refractivity contribution in [2.45, 2.75) is 44.4 Å². The van der Waals surface area contributed by atoms with Gasteiger partial charge in [0.1, 0.15) is 5.66 Å². The molecule has 0 N–H and O–H groups in total. The van der Waals surface area contributed by atoms with Gasteiger partial charge in [-0.15, -0.1) is 0 Å². The number of fused-ring (bicyclic) bond motifs is 4. The first kappa shape index (κ1) is 21.6. The number of hydrogen-bond acceptors (Lipinski definition) is 3. The van der Waals surface area contributed by atoms with Crippen LogP contribution in [-0.4, -0.2) is 50.8 Å². The standard InChI is InChI=1S/C28H28N4O3/c1-28-15-13-25(34)32(28)22-11-6-5-10-21(22)27(35)31(28)17-14-24(33)30-19-18-29-16-7-12-23(29)26(30)20-8-3-2-4-9-20/h2-12,16,26H,13-15,17-19H2,1H3. The maximum Gasteiger partial charge on any atom is 0.257 e. The molecule has 2 aromatic carbocycles. The third-order valence-corrected chi connectivity index (χ3v) is 7.77. The number of carbonyl (C=O) groups excluding carboxylic acids is 3. The van der Waals surface area contributed by atoms with Crippen LogP contribution in [-0.2, 0) is 16.1 Å². The summed E-state index contributed by atoms with van der Waals surface area (Å²) in [6.07, 6.45) is 3.21. The lowest BCUT2D eigenvalue weighted by Crippen LogP contribution is -2.62. The van der Waals surface area contributed by atoms with Gasteiger partial charge >= 0.3 is 0 Å². The zero-order valence-corrected chi connectivity index (χ0v) is 19.8. The summed E-state index contributed by atoms with van der Waals surface area (Å²) in [5, 5.41) is 0. The van der Waals surface area contributed by atoms with Crippen LogP contribution >= 0.6 is 0 Å². The molecule has 2 atom stereocenters. The molecule has 3 amide bonds. The Bertz CT molecular complexity index is 1320. The third kappa shape index (κ3) is 3.29. The number of carbonyl (C=O) groups is 3. The minimum absolute atomic E-state index is 0.0115. The molecule has 3 aliphatic rings. The number of aromatic nitrogens is 1. The average Bonchev–Trinajstić information content (AvgIpc) is 3.48. The van der Waals surface area contributed by atoms with Crippen molar-refractivity contribution in [3.8, 4) is 0 Å². The van der Waals surface area contributed by atoms with Crippen molar-refractivity contribution in [3.63, 3.8) is 0 Å². The van der Waals surface area contributed by atoms with E-state index in [1.807, 2.05) is 54.3 Å². The lowest BCUT2D eigenvalue weighted by molar-refractivity contribution is -0.134. The Hall–Kier alpha value is -3.87. The first-order valence-electron chi connectivity index (χ1n) is 12.2. The summed E-state index contributed by atoms with van der Waals surface area (Å²) in [5.74, 6) is -0.0869. The summed E-state index contributed by atoms with van der Waals surface area (Å²) < 4.78 is 2.20. The Kier molecular flexibility index (Phi) is 5.02. The van der Waals surface area contributed by atoms with Crippen molar-refractivity contribution < 1.29 is 14.4 Å². The zero-order chi connectivity index (χ0) is 24.2. The number of nitrogens with zero attached hydrogens (tertiary/aromatic N) is 4. The molecule has 3 aromatic rings. The SMILES string of the molecule is CC12CCC(=O)N1c1ccccc1C(=O)N2CCC(=O)N1CCn2cccc2C1c1ccccc1. The molecule has 3 aliphatic heterocycles. The fourth-order valence-corrected chi connectivity index (χ4v) is 6.03. The number of benzene rings is 2. The van der Waals surface area contributed by atoms with E-state index >= 15 is 0 Å². The number of rotatable bonds is 4. The van der Waals surface area contributed by atoms with E-state index in [1.165, 1.54) is 0 Å². The van der Waals surface area contributed by atoms with Gasteiger partial charge in [0.25, 0.3) is 5.91 Å². The molecule has 0 aliphatic carbocycles. The smallest absolute Gasteiger partial charge is 0.257 e. The average molecular weight is 469 g/mol. The van der Waals surface area contributed by atoms with E-state index < -0.39 is 5.66 Å². The number of para-hydroxylation sites is 1. The Labute approximate surface area is 204 Å². The third-order valence-electron chi connectivity index (χ3n) is 7.77. The Morgan fingerprint density at radius 2 is 1.74 bits per heavy atom. The van der Waals surface area contributed by atoms with E-state index in [2.05, 4.69) is 29.0 Å². The molecule has 2 unspecified atom stereocenters. The minimum atomic E-state index is -0.752. The Balaban J connectivity index is 1.28. The first-order chi connectivity index (χ1) is 17.0. The van der Waals surface area contributed by atoms with E-state index in [1.54, 1.807) is 15.9 Å². The van der Waals surface area contributed by atoms with Crippen LogP contribution in [0.3, 0.4) is 0 Å². The van der Waals surface area contributed by atoms with Gasteiger partial charge in [-0.25, -0.2) is 0 Å². The van der Waals surface area contributed by atoms with E-state index in [-0.39, 0.29) is 36.7 Å². The van der Waals surface area contributed by atoms with Crippen LogP contribution in [0, 0.1) is 0 Å². The highest BCUT2D eigenvalue weighted by atomic mass is 16.2. The maximum atomic E-state index is 13.7. The fraction of sp³-hybridized carbons (Fsp3) is 0.321. The highest BCUT2D eigenvalue weighted by Gasteiger charge is 2.53. The van der Waals surface area contributed by atoms with Crippen LogP contribution in [0.4, 0.5) is 5.69 Å². The van der Waals surface area contributed by atoms with Gasteiger partial charge in [-0.05, 0) is 43.2 Å². The summed E-state index contributed by atoms with van der Waals surface area (Å²) >= 11 is 0. The van der Waals surface area contributed by atoms with Crippen molar-refractivity contribution in [3.05, 3.63) is 89.7 Å². The number of amides is 3. The lowest BCUT2D eigenvalue weighted by Gasteiger charge is -2.49. The second-order valence-corrected chi connectivity index (χ2v) is 9.70. The molecule has 7 heteroatoms. The summed E-state index contributed by atoms with van der Waals surface area (Å²) in [6.45, 7) is 3.56. The molecular formula is C28H28N4O3. The molecular weight excluding hydrogens is 440 g/mol. The second kappa shape index (κ2) is 8.12. The fourth-order valence-electron chi connectivity index (χ4n) is 6.03. The molecule has 0 spiro atoms. The summed E-state index contributed by atoms with van der Waals surface area (Å²) in [7, 11) is 0. The molecule has 178 valence electrons. The van der Waals surface area contributed by atoms with Crippen molar-refractivity contribution in [2.24, 2.45) is 0 Å². The second-order valence-electron chi connectivity index (χ2n) is 9.70. The molecule has 35 heavy (non-hydrogen) atoms. The van der Waals surface area contributed by atoms with Gasteiger partial charge in [0.2, 0.25) is 11.8 Å². The molecule has 0 saturated carbocycles. The predicted octanol–water partition coefficient (Wildman–Crippen LogP) is 3.81. The van der Waals surface area contributed by atoms with Crippen molar-refractivity contribution in [1.82, 2.24) is 14.4 Å². The van der Waals surface area contributed by atoms with Gasteiger partial charge in [-0.2, -0.15) is 0 Å². The monoisotopic (exact) mass is 468 g/mol. The Morgan fingerprint density at radius 3 is 2.57 bits per heavy atom. The van der Waals surface area contributed by atoms with Gasteiger partial charge < -0.3 is 14.4 Å². The van der Waals surface area contributed by atoms with Gasteiger partial charge in [0, 0.05) is 44.4 Å². The van der Waals surface area contributed by atoms with E-state index in [9.17, 15) is 14.4 Å². The maximum absolute atomic E-state index is 13.7. The van der Waals surface area contributed by atoms with E-state index in [4.69, 9.17) is 0 Å². The highest BCUT2D eigenvalue weighted by molar-refractivity contribution is 6.10. The van der Waals surface area contributed by atoms with E-state index in [0.717, 1.165) is 17.8 Å². The van der Waals surface area contributed by atoms with Crippen molar-refractivity contribution in [1.29, 1.82) is 0 Å². The molecule has 1 fully saturated rings. The van der Waals surface area contributed by atoms with Crippen molar-refractivity contribution >= 4 is 23.4 Å². The van der Waals surface area contributed by atoms with E-state index in [0.29, 0.717) is 30.6 Å². The molecule has 1 saturated heterocycles. The molecule has 4 heterocycles. The van der Waals surface area contributed by atoms with Gasteiger partial charge in [-0.3, -0.25) is 19.3 Å². The quantitative estimate of drug-likeness (QED) is 0.585.